The first-order chi connectivity index (χ1) is 12.7. The Morgan fingerprint density at radius 3 is 2.37 bits per heavy atom. The topological polar surface area (TPSA) is 75.7 Å². The summed E-state index contributed by atoms with van der Waals surface area (Å²) < 4.78 is 46.6. The molecule has 11 heteroatoms. The van der Waals surface area contributed by atoms with Crippen LogP contribution in [0.25, 0.3) is 0 Å². The summed E-state index contributed by atoms with van der Waals surface area (Å²) in [5.41, 5.74) is -0.523. The Balaban J connectivity index is 1.81. The van der Waals surface area contributed by atoms with Gasteiger partial charge in [-0.2, -0.15) is 12.7 Å². The van der Waals surface area contributed by atoms with Gasteiger partial charge in [-0.1, -0.05) is 34.8 Å². The summed E-state index contributed by atoms with van der Waals surface area (Å²) in [6.07, 6.45) is 0.704. The van der Waals surface area contributed by atoms with Gasteiger partial charge >= 0.3 is 10.2 Å². The molecule has 1 amide bonds. The van der Waals surface area contributed by atoms with E-state index in [9.17, 15) is 17.6 Å². The van der Waals surface area contributed by atoms with Crippen LogP contribution in [0.4, 0.5) is 4.39 Å². The molecule has 1 fully saturated rings. The fraction of sp³-hybridized carbons (Fsp3) is 0.188. The Bertz CT molecular complexity index is 1010. The highest BCUT2D eigenvalue weighted by molar-refractivity contribution is 7.87. The highest BCUT2D eigenvalue weighted by Gasteiger charge is 2.30. The van der Waals surface area contributed by atoms with E-state index in [1.165, 1.54) is 18.2 Å². The maximum absolute atomic E-state index is 14.3. The minimum atomic E-state index is -4.00. The number of nitrogens with zero attached hydrogens (tertiary/aromatic N) is 1. The zero-order chi connectivity index (χ0) is 19.8. The number of nitrogens with one attached hydrogen (secondary N) is 1. The second-order valence-corrected chi connectivity index (χ2v) is 8.52. The maximum Gasteiger partial charge on any atom is 0.304 e. The van der Waals surface area contributed by atoms with E-state index in [-0.39, 0.29) is 21.5 Å². The lowest BCUT2D eigenvalue weighted by atomic mass is 10.2. The van der Waals surface area contributed by atoms with Crippen molar-refractivity contribution < 1.29 is 22.3 Å². The summed E-state index contributed by atoms with van der Waals surface area (Å²) in [4.78, 5) is 12.1. The van der Waals surface area contributed by atoms with E-state index < -0.39 is 27.5 Å². The van der Waals surface area contributed by atoms with Crippen LogP contribution < -0.4 is 9.46 Å². The highest BCUT2D eigenvalue weighted by atomic mass is 35.5. The summed E-state index contributed by atoms with van der Waals surface area (Å²) in [5, 5.41) is 0.462. The largest absolute Gasteiger partial charge is 0.456 e. The molecule has 1 saturated heterocycles. The van der Waals surface area contributed by atoms with E-state index in [2.05, 4.69) is 0 Å². The second kappa shape index (κ2) is 7.81. The van der Waals surface area contributed by atoms with Crippen molar-refractivity contribution in [2.75, 3.05) is 13.1 Å². The molecular weight excluding hydrogens is 442 g/mol. The van der Waals surface area contributed by atoms with E-state index in [4.69, 9.17) is 39.5 Å². The second-order valence-electron chi connectivity index (χ2n) is 5.63. The molecule has 0 aromatic heterocycles. The molecule has 2 aromatic carbocycles. The molecule has 2 aromatic rings. The lowest BCUT2D eigenvalue weighted by Crippen LogP contribution is -2.49. The van der Waals surface area contributed by atoms with Gasteiger partial charge in [-0.05, 0) is 24.6 Å². The predicted molar refractivity (Wildman–Crippen MR) is 101 cm³/mol. The van der Waals surface area contributed by atoms with Crippen molar-refractivity contribution >= 4 is 50.9 Å². The minimum absolute atomic E-state index is 0.0743. The van der Waals surface area contributed by atoms with E-state index >= 15 is 0 Å². The van der Waals surface area contributed by atoms with Gasteiger partial charge in [0, 0.05) is 25.2 Å². The Morgan fingerprint density at radius 2 is 1.78 bits per heavy atom. The molecule has 1 heterocycles. The molecular formula is C16H12Cl3FN2O4S. The molecule has 1 N–H and O–H groups in total. The molecule has 0 spiro atoms. The molecule has 0 atom stereocenters. The first kappa shape index (κ1) is 20.2. The van der Waals surface area contributed by atoms with E-state index in [1.807, 2.05) is 4.72 Å². The van der Waals surface area contributed by atoms with Gasteiger partial charge in [-0.3, -0.25) is 4.79 Å². The van der Waals surface area contributed by atoms with Gasteiger partial charge in [0.2, 0.25) is 0 Å². The third-order valence-corrected chi connectivity index (χ3v) is 6.28. The average Bonchev–Trinajstić information content (AvgIpc) is 2.51. The van der Waals surface area contributed by atoms with Gasteiger partial charge in [0.25, 0.3) is 5.91 Å². The van der Waals surface area contributed by atoms with Crippen molar-refractivity contribution in [3.63, 3.8) is 0 Å². The molecule has 3 rings (SSSR count). The SMILES string of the molecule is O=C(NS(=O)(=O)N1CCC1)c1cc(Cl)c(Oc2ccc(Cl)c(Cl)c2)cc1F. The van der Waals surface area contributed by atoms with Crippen LogP contribution in [0.2, 0.25) is 15.1 Å². The summed E-state index contributed by atoms with van der Waals surface area (Å²) in [6.45, 7) is 0.616. The number of carbonyl (C=O) groups is 1. The van der Waals surface area contributed by atoms with Crippen LogP contribution in [0.1, 0.15) is 16.8 Å². The van der Waals surface area contributed by atoms with Gasteiger partial charge in [0.05, 0.1) is 20.6 Å². The summed E-state index contributed by atoms with van der Waals surface area (Å²) in [5.74, 6) is -1.94. The number of carbonyl (C=O) groups excluding carboxylic acids is 1. The summed E-state index contributed by atoms with van der Waals surface area (Å²) >= 11 is 17.8. The molecule has 0 saturated carbocycles. The van der Waals surface area contributed by atoms with Crippen molar-refractivity contribution in [1.29, 1.82) is 0 Å². The third kappa shape index (κ3) is 4.47. The van der Waals surface area contributed by atoms with Gasteiger partial charge < -0.3 is 4.74 Å². The van der Waals surface area contributed by atoms with Crippen LogP contribution in [0.15, 0.2) is 30.3 Å². The first-order valence-electron chi connectivity index (χ1n) is 7.61. The van der Waals surface area contributed by atoms with Gasteiger partial charge in [0.1, 0.15) is 17.3 Å². The number of hydrogen-bond donors (Lipinski definition) is 1. The quantitative estimate of drug-likeness (QED) is 0.734. The zero-order valence-electron chi connectivity index (χ0n) is 13.5. The molecule has 144 valence electrons. The normalized spacial score (nSPS) is 14.5. The van der Waals surface area contributed by atoms with Gasteiger partial charge in [-0.25, -0.2) is 9.11 Å². The monoisotopic (exact) mass is 452 g/mol. The van der Waals surface area contributed by atoms with Crippen LogP contribution in [0.3, 0.4) is 0 Å². The van der Waals surface area contributed by atoms with Gasteiger partial charge in [0.15, 0.2) is 0 Å². The minimum Gasteiger partial charge on any atom is -0.456 e. The lowest BCUT2D eigenvalue weighted by molar-refractivity contribution is 0.0973. The first-order valence-corrected chi connectivity index (χ1v) is 10.2. The summed E-state index contributed by atoms with van der Waals surface area (Å²) in [6, 6.07) is 6.29. The highest BCUT2D eigenvalue weighted by Crippen LogP contribution is 2.34. The molecule has 1 aliphatic heterocycles. The molecule has 0 radical (unpaired) electrons. The molecule has 0 bridgehead atoms. The number of amides is 1. The fourth-order valence-corrected chi connectivity index (χ4v) is 3.91. The Kier molecular flexibility index (Phi) is 5.83. The number of benzene rings is 2. The molecule has 27 heavy (non-hydrogen) atoms. The van der Waals surface area contributed by atoms with Crippen molar-refractivity contribution in [2.24, 2.45) is 0 Å². The van der Waals surface area contributed by atoms with E-state index in [0.717, 1.165) is 16.4 Å². The van der Waals surface area contributed by atoms with Crippen molar-refractivity contribution in [3.8, 4) is 11.5 Å². The van der Waals surface area contributed by atoms with Crippen LogP contribution >= 0.6 is 34.8 Å². The molecule has 6 nitrogen and oxygen atoms in total. The Morgan fingerprint density at radius 1 is 1.07 bits per heavy atom. The number of hydrogen-bond acceptors (Lipinski definition) is 4. The Hall–Kier alpha value is -1.58. The standard InChI is InChI=1S/C16H12Cl3FN2O4S/c17-11-3-2-9(6-12(11)18)26-15-8-14(20)10(7-13(15)19)16(23)21-27(24,25)22-4-1-5-22/h2-3,6-8H,1,4-5H2,(H,21,23). The van der Waals surface area contributed by atoms with E-state index in [1.54, 1.807) is 0 Å². The number of ether oxygens (including phenoxy) is 1. The van der Waals surface area contributed by atoms with Crippen molar-refractivity contribution in [1.82, 2.24) is 9.03 Å². The molecule has 0 unspecified atom stereocenters. The van der Waals surface area contributed by atoms with Crippen molar-refractivity contribution in [3.05, 3.63) is 56.8 Å². The van der Waals surface area contributed by atoms with Gasteiger partial charge in [-0.15, -0.1) is 0 Å². The van der Waals surface area contributed by atoms with Crippen LogP contribution in [0, 0.1) is 5.82 Å². The van der Waals surface area contributed by atoms with Crippen LogP contribution in [-0.4, -0.2) is 31.7 Å². The van der Waals surface area contributed by atoms with Crippen molar-refractivity contribution in [2.45, 2.75) is 6.42 Å². The fourth-order valence-electron chi connectivity index (χ4n) is 2.21. The Labute approximate surface area is 169 Å². The molecule has 1 aliphatic rings. The van der Waals surface area contributed by atoms with E-state index in [0.29, 0.717) is 24.5 Å². The number of halogens is 4. The van der Waals surface area contributed by atoms with Crippen LogP contribution in [0.5, 0.6) is 11.5 Å². The molecule has 0 aliphatic carbocycles. The predicted octanol–water partition coefficient (Wildman–Crippen LogP) is 4.26. The third-order valence-electron chi connectivity index (χ3n) is 3.76. The summed E-state index contributed by atoms with van der Waals surface area (Å²) in [7, 11) is -4.00. The maximum atomic E-state index is 14.3. The lowest BCUT2D eigenvalue weighted by Gasteiger charge is -2.29. The zero-order valence-corrected chi connectivity index (χ0v) is 16.6. The average molecular weight is 454 g/mol. The number of rotatable bonds is 5. The van der Waals surface area contributed by atoms with Crippen LogP contribution in [-0.2, 0) is 10.2 Å². The smallest absolute Gasteiger partial charge is 0.304 e.